The first-order valence-corrected chi connectivity index (χ1v) is 9.15. The van der Waals surface area contributed by atoms with Crippen LogP contribution >= 0.6 is 0 Å². The van der Waals surface area contributed by atoms with E-state index in [1.807, 2.05) is 43.5 Å². The molecule has 0 spiro atoms. The van der Waals surface area contributed by atoms with E-state index in [2.05, 4.69) is 20.7 Å². The van der Waals surface area contributed by atoms with Gasteiger partial charge in [-0.25, -0.2) is 13.8 Å². The maximum atomic E-state index is 13.8. The fourth-order valence-corrected chi connectivity index (χ4v) is 3.10. The van der Waals surface area contributed by atoms with E-state index in [1.54, 1.807) is 29.1 Å². The van der Waals surface area contributed by atoms with Crippen LogP contribution in [0.15, 0.2) is 73.2 Å². The van der Waals surface area contributed by atoms with E-state index in [1.165, 1.54) is 16.9 Å². The number of aromatic nitrogens is 5. The maximum Gasteiger partial charge on any atom is 0.273 e. The Bertz CT molecular complexity index is 1120. The molecule has 1 amide bonds. The molecule has 8 heteroatoms. The van der Waals surface area contributed by atoms with Crippen LogP contribution in [0.25, 0.3) is 5.69 Å². The van der Waals surface area contributed by atoms with Crippen molar-refractivity contribution in [2.75, 3.05) is 0 Å². The fraction of sp³-hybridized carbons (Fsp3) is 0.143. The summed E-state index contributed by atoms with van der Waals surface area (Å²) in [5.74, 6) is -0.676. The maximum absolute atomic E-state index is 13.8. The summed E-state index contributed by atoms with van der Waals surface area (Å²) in [6.07, 6.45) is 5.06. The van der Waals surface area contributed by atoms with Crippen LogP contribution in [0.4, 0.5) is 4.39 Å². The molecule has 1 N–H and O–H groups in total. The minimum atomic E-state index is -0.354. The summed E-state index contributed by atoms with van der Waals surface area (Å²) < 4.78 is 17.0. The van der Waals surface area contributed by atoms with Crippen LogP contribution in [0.3, 0.4) is 0 Å². The second-order valence-electron chi connectivity index (χ2n) is 6.60. The van der Waals surface area contributed by atoms with Gasteiger partial charge in [0.25, 0.3) is 5.91 Å². The van der Waals surface area contributed by atoms with Crippen LogP contribution in [-0.2, 0) is 6.54 Å². The SMILES string of the molecule is CC(NC(=O)c1cn(Cc2ccccc2F)nn1)c1ccccc1-n1cccn1. The molecule has 29 heavy (non-hydrogen) atoms. The molecule has 0 radical (unpaired) electrons. The van der Waals surface area contributed by atoms with Gasteiger partial charge in [-0.3, -0.25) is 4.79 Å². The molecule has 0 aliphatic heterocycles. The third-order valence-corrected chi connectivity index (χ3v) is 4.56. The van der Waals surface area contributed by atoms with Crippen LogP contribution in [0.1, 0.15) is 34.6 Å². The number of carbonyl (C=O) groups is 1. The van der Waals surface area contributed by atoms with Gasteiger partial charge in [-0.15, -0.1) is 5.10 Å². The first-order valence-electron chi connectivity index (χ1n) is 9.15. The van der Waals surface area contributed by atoms with Crippen molar-refractivity contribution in [2.24, 2.45) is 0 Å². The average Bonchev–Trinajstić information content (AvgIpc) is 3.42. The monoisotopic (exact) mass is 390 g/mol. The Labute approximate surface area is 166 Å². The topological polar surface area (TPSA) is 77.6 Å². The second-order valence-corrected chi connectivity index (χ2v) is 6.60. The number of nitrogens with zero attached hydrogens (tertiary/aromatic N) is 5. The normalized spacial score (nSPS) is 11.9. The van der Waals surface area contributed by atoms with Gasteiger partial charge in [0.2, 0.25) is 0 Å². The fourth-order valence-electron chi connectivity index (χ4n) is 3.10. The van der Waals surface area contributed by atoms with Gasteiger partial charge in [0.15, 0.2) is 5.69 Å². The average molecular weight is 390 g/mol. The van der Waals surface area contributed by atoms with E-state index >= 15 is 0 Å². The van der Waals surface area contributed by atoms with Crippen molar-refractivity contribution in [3.8, 4) is 5.69 Å². The number of nitrogens with one attached hydrogen (secondary N) is 1. The highest BCUT2D eigenvalue weighted by atomic mass is 19.1. The van der Waals surface area contributed by atoms with Crippen molar-refractivity contribution < 1.29 is 9.18 Å². The molecule has 4 aromatic rings. The molecule has 146 valence electrons. The van der Waals surface area contributed by atoms with Gasteiger partial charge in [-0.05, 0) is 30.7 Å². The van der Waals surface area contributed by atoms with Crippen molar-refractivity contribution in [2.45, 2.75) is 19.5 Å². The molecular formula is C21H19FN6O. The van der Waals surface area contributed by atoms with E-state index in [-0.39, 0.29) is 30.0 Å². The third kappa shape index (κ3) is 4.06. The zero-order valence-corrected chi connectivity index (χ0v) is 15.7. The van der Waals surface area contributed by atoms with Crippen LogP contribution in [-0.4, -0.2) is 30.7 Å². The van der Waals surface area contributed by atoms with Gasteiger partial charge in [-0.2, -0.15) is 5.10 Å². The Morgan fingerprint density at radius 3 is 2.72 bits per heavy atom. The van der Waals surface area contributed by atoms with Crippen LogP contribution in [0, 0.1) is 5.82 Å². The number of hydrogen-bond acceptors (Lipinski definition) is 4. The van der Waals surface area contributed by atoms with Gasteiger partial charge < -0.3 is 5.32 Å². The van der Waals surface area contributed by atoms with E-state index in [4.69, 9.17) is 0 Å². The predicted molar refractivity (Wildman–Crippen MR) is 105 cm³/mol. The molecule has 1 unspecified atom stereocenters. The minimum Gasteiger partial charge on any atom is -0.344 e. The van der Waals surface area contributed by atoms with Gasteiger partial charge >= 0.3 is 0 Å². The highest BCUT2D eigenvalue weighted by Gasteiger charge is 2.18. The Hall–Kier alpha value is -3.81. The van der Waals surface area contributed by atoms with Crippen molar-refractivity contribution in [1.29, 1.82) is 0 Å². The zero-order chi connectivity index (χ0) is 20.2. The lowest BCUT2D eigenvalue weighted by molar-refractivity contribution is 0.0934. The number of hydrogen-bond donors (Lipinski definition) is 1. The Morgan fingerprint density at radius 2 is 1.93 bits per heavy atom. The number of benzene rings is 2. The zero-order valence-electron chi connectivity index (χ0n) is 15.7. The summed E-state index contributed by atoms with van der Waals surface area (Å²) in [4.78, 5) is 12.6. The standard InChI is InChI=1S/C21H19FN6O/c1-15(17-8-3-5-10-20(17)28-12-6-11-23-28)24-21(29)19-14-27(26-25-19)13-16-7-2-4-9-18(16)22/h2-12,14-15H,13H2,1H3,(H,24,29). The number of halogens is 1. The molecule has 2 aromatic carbocycles. The first kappa shape index (κ1) is 18.5. The van der Waals surface area contributed by atoms with Gasteiger partial charge in [-0.1, -0.05) is 41.6 Å². The molecule has 0 saturated carbocycles. The van der Waals surface area contributed by atoms with Crippen LogP contribution in [0.2, 0.25) is 0 Å². The van der Waals surface area contributed by atoms with Gasteiger partial charge in [0, 0.05) is 18.0 Å². The summed E-state index contributed by atoms with van der Waals surface area (Å²) in [5.41, 5.74) is 2.45. The Balaban J connectivity index is 1.48. The number of rotatable bonds is 6. The molecule has 2 heterocycles. The molecule has 0 aliphatic carbocycles. The molecule has 0 fully saturated rings. The molecule has 0 bridgehead atoms. The summed E-state index contributed by atoms with van der Waals surface area (Å²) in [5, 5.41) is 15.1. The lowest BCUT2D eigenvalue weighted by Crippen LogP contribution is -2.27. The van der Waals surface area contributed by atoms with Crippen molar-refractivity contribution >= 4 is 5.91 Å². The molecule has 0 aliphatic rings. The van der Waals surface area contributed by atoms with Crippen molar-refractivity contribution in [1.82, 2.24) is 30.1 Å². The lowest BCUT2D eigenvalue weighted by Gasteiger charge is -2.17. The minimum absolute atomic E-state index is 0.171. The quantitative estimate of drug-likeness (QED) is 0.549. The third-order valence-electron chi connectivity index (χ3n) is 4.56. The second kappa shape index (κ2) is 8.05. The Morgan fingerprint density at radius 1 is 1.14 bits per heavy atom. The Kier molecular flexibility index (Phi) is 5.15. The van der Waals surface area contributed by atoms with Crippen LogP contribution in [0.5, 0.6) is 0 Å². The van der Waals surface area contributed by atoms with E-state index in [9.17, 15) is 9.18 Å². The van der Waals surface area contributed by atoms with Gasteiger partial charge in [0.1, 0.15) is 5.82 Å². The predicted octanol–water partition coefficient (Wildman–Crippen LogP) is 3.14. The summed E-state index contributed by atoms with van der Waals surface area (Å²) in [6.45, 7) is 2.09. The molecule has 2 aromatic heterocycles. The summed E-state index contributed by atoms with van der Waals surface area (Å²) in [7, 11) is 0. The number of amides is 1. The van der Waals surface area contributed by atoms with Crippen molar-refractivity contribution in [3.63, 3.8) is 0 Å². The van der Waals surface area contributed by atoms with Crippen LogP contribution < -0.4 is 5.32 Å². The molecular weight excluding hydrogens is 371 g/mol. The highest BCUT2D eigenvalue weighted by molar-refractivity contribution is 5.92. The summed E-state index contributed by atoms with van der Waals surface area (Å²) >= 11 is 0. The van der Waals surface area contributed by atoms with Crippen molar-refractivity contribution in [3.05, 3.63) is 95.8 Å². The molecule has 1 atom stereocenters. The van der Waals surface area contributed by atoms with Gasteiger partial charge in [0.05, 0.1) is 24.5 Å². The van der Waals surface area contributed by atoms with E-state index < -0.39 is 0 Å². The number of para-hydroxylation sites is 1. The first-order chi connectivity index (χ1) is 14.1. The molecule has 7 nitrogen and oxygen atoms in total. The molecule has 4 rings (SSSR count). The van der Waals surface area contributed by atoms with E-state index in [0.717, 1.165) is 11.3 Å². The largest absolute Gasteiger partial charge is 0.344 e. The smallest absolute Gasteiger partial charge is 0.273 e. The summed E-state index contributed by atoms with van der Waals surface area (Å²) in [6, 6.07) is 15.7. The highest BCUT2D eigenvalue weighted by Crippen LogP contribution is 2.21. The molecule has 0 saturated heterocycles. The van der Waals surface area contributed by atoms with E-state index in [0.29, 0.717) is 5.56 Å². The number of carbonyl (C=O) groups excluding carboxylic acids is 1. The lowest BCUT2D eigenvalue weighted by atomic mass is 10.1.